The van der Waals surface area contributed by atoms with Gasteiger partial charge in [-0.3, -0.25) is 9.59 Å². The van der Waals surface area contributed by atoms with Gasteiger partial charge in [0, 0.05) is 13.0 Å². The lowest BCUT2D eigenvalue weighted by atomic mass is 9.97. The first-order chi connectivity index (χ1) is 16.1. The molecule has 3 aromatic rings. The number of carbonyl (C=O) groups is 2. The van der Waals surface area contributed by atoms with Crippen LogP contribution in [0.1, 0.15) is 53.8 Å². The van der Waals surface area contributed by atoms with Gasteiger partial charge in [0.25, 0.3) is 11.5 Å². The number of aromatic amines is 1. The number of amides is 1. The number of rotatable bonds is 8. The van der Waals surface area contributed by atoms with Crippen molar-refractivity contribution in [1.82, 2.24) is 15.3 Å². The molecular formula is C26H27N3O4. The Morgan fingerprint density at radius 2 is 1.88 bits per heavy atom. The summed E-state index contributed by atoms with van der Waals surface area (Å²) in [5, 5.41) is 3.32. The molecule has 1 aliphatic carbocycles. The van der Waals surface area contributed by atoms with Gasteiger partial charge in [-0.15, -0.1) is 0 Å². The van der Waals surface area contributed by atoms with Crippen LogP contribution in [0, 0.1) is 0 Å². The lowest BCUT2D eigenvalue weighted by molar-refractivity contribution is -0.124. The largest absolute Gasteiger partial charge is 0.452 e. The fourth-order valence-corrected chi connectivity index (χ4v) is 4.03. The molecule has 0 radical (unpaired) electrons. The minimum atomic E-state index is -0.584. The van der Waals surface area contributed by atoms with Crippen LogP contribution >= 0.6 is 0 Å². The first kappa shape index (κ1) is 22.5. The second-order valence-electron chi connectivity index (χ2n) is 8.15. The quantitative estimate of drug-likeness (QED) is 0.407. The van der Waals surface area contributed by atoms with Crippen LogP contribution in [0.4, 0.5) is 0 Å². The molecule has 0 saturated heterocycles. The van der Waals surface area contributed by atoms with E-state index in [9.17, 15) is 14.4 Å². The Morgan fingerprint density at radius 3 is 2.73 bits per heavy atom. The van der Waals surface area contributed by atoms with Gasteiger partial charge < -0.3 is 15.0 Å². The Balaban J connectivity index is 1.36. The van der Waals surface area contributed by atoms with Gasteiger partial charge in [0.05, 0.1) is 16.5 Å². The smallest absolute Gasteiger partial charge is 0.338 e. The number of hydrogen-bond acceptors (Lipinski definition) is 5. The highest BCUT2D eigenvalue weighted by Crippen LogP contribution is 2.19. The number of allylic oxidation sites excluding steroid dienone is 1. The standard InChI is InChI=1S/C26H27N3O4/c30-24(27-15-14-18-8-2-1-3-9-18)17-33-26(32)20-11-5-4-10-19(20)16-23-28-22-13-7-6-12-21(22)25(31)29-23/h4-8,10-13H,1-3,9,14-17H2,(H,27,30)(H,28,29,31). The molecule has 0 spiro atoms. The average molecular weight is 446 g/mol. The second-order valence-corrected chi connectivity index (χ2v) is 8.15. The molecule has 1 amide bonds. The van der Waals surface area contributed by atoms with Crippen molar-refractivity contribution in [2.45, 2.75) is 38.5 Å². The summed E-state index contributed by atoms with van der Waals surface area (Å²) in [5.41, 5.74) is 2.75. The maximum absolute atomic E-state index is 12.7. The highest BCUT2D eigenvalue weighted by Gasteiger charge is 2.16. The van der Waals surface area contributed by atoms with Gasteiger partial charge in [-0.05, 0) is 55.9 Å². The molecule has 1 aliphatic rings. The van der Waals surface area contributed by atoms with E-state index in [-0.39, 0.29) is 24.5 Å². The zero-order valence-corrected chi connectivity index (χ0v) is 18.4. The maximum atomic E-state index is 12.7. The van der Waals surface area contributed by atoms with E-state index in [0.29, 0.717) is 34.4 Å². The molecule has 7 heteroatoms. The zero-order chi connectivity index (χ0) is 23.0. The Morgan fingerprint density at radius 1 is 1.06 bits per heavy atom. The van der Waals surface area contributed by atoms with Crippen LogP contribution in [0.3, 0.4) is 0 Å². The van der Waals surface area contributed by atoms with Crippen LogP contribution in [0.5, 0.6) is 0 Å². The number of para-hydroxylation sites is 1. The fourth-order valence-electron chi connectivity index (χ4n) is 4.03. The van der Waals surface area contributed by atoms with Gasteiger partial charge in [0.1, 0.15) is 5.82 Å². The Labute approximate surface area is 191 Å². The molecule has 2 N–H and O–H groups in total. The van der Waals surface area contributed by atoms with Crippen LogP contribution in [-0.2, 0) is 16.0 Å². The predicted octanol–water partition coefficient (Wildman–Crippen LogP) is 3.68. The molecule has 7 nitrogen and oxygen atoms in total. The topological polar surface area (TPSA) is 101 Å². The van der Waals surface area contributed by atoms with Gasteiger partial charge in [-0.1, -0.05) is 42.0 Å². The molecule has 2 aromatic carbocycles. The number of benzene rings is 2. The zero-order valence-electron chi connectivity index (χ0n) is 18.4. The van der Waals surface area contributed by atoms with Crippen molar-refractivity contribution in [2.75, 3.05) is 13.2 Å². The number of nitrogens with one attached hydrogen (secondary N) is 2. The molecule has 0 aliphatic heterocycles. The van der Waals surface area contributed by atoms with Crippen LogP contribution in [-0.4, -0.2) is 35.0 Å². The highest BCUT2D eigenvalue weighted by atomic mass is 16.5. The molecule has 4 rings (SSSR count). The lowest BCUT2D eigenvalue weighted by Crippen LogP contribution is -2.30. The molecule has 0 bridgehead atoms. The third kappa shape index (κ3) is 5.94. The number of aromatic nitrogens is 2. The number of hydrogen-bond donors (Lipinski definition) is 2. The molecule has 0 atom stereocenters. The number of carbonyl (C=O) groups excluding carboxylic acids is 2. The SMILES string of the molecule is O=C(COC(=O)c1ccccc1Cc1nc2ccccc2c(=O)[nH]1)NCCC1=CCCCC1. The minimum absolute atomic E-state index is 0.226. The fraction of sp³-hybridized carbons (Fsp3) is 0.308. The molecule has 170 valence electrons. The van der Waals surface area contributed by atoms with E-state index in [2.05, 4.69) is 21.4 Å². The van der Waals surface area contributed by atoms with Crippen LogP contribution in [0.15, 0.2) is 65.0 Å². The molecule has 1 aromatic heterocycles. The minimum Gasteiger partial charge on any atom is -0.452 e. The predicted molar refractivity (Wildman–Crippen MR) is 126 cm³/mol. The Hall–Kier alpha value is -3.74. The van der Waals surface area contributed by atoms with Crippen molar-refractivity contribution in [3.8, 4) is 0 Å². The second kappa shape index (κ2) is 10.7. The van der Waals surface area contributed by atoms with E-state index < -0.39 is 5.97 Å². The molecule has 0 fully saturated rings. The van der Waals surface area contributed by atoms with E-state index in [1.807, 2.05) is 6.07 Å². The normalized spacial score (nSPS) is 13.4. The van der Waals surface area contributed by atoms with Gasteiger partial charge in [0.2, 0.25) is 0 Å². The van der Waals surface area contributed by atoms with Crippen molar-refractivity contribution in [2.24, 2.45) is 0 Å². The highest BCUT2D eigenvalue weighted by molar-refractivity contribution is 5.92. The first-order valence-corrected chi connectivity index (χ1v) is 11.3. The van der Waals surface area contributed by atoms with Crippen molar-refractivity contribution < 1.29 is 14.3 Å². The molecular weight excluding hydrogens is 418 g/mol. The number of fused-ring (bicyclic) bond motifs is 1. The van der Waals surface area contributed by atoms with Gasteiger partial charge in [0.15, 0.2) is 6.61 Å². The van der Waals surface area contributed by atoms with E-state index >= 15 is 0 Å². The summed E-state index contributed by atoms with van der Waals surface area (Å²) in [6.07, 6.45) is 8.00. The van der Waals surface area contributed by atoms with Crippen LogP contribution < -0.4 is 10.9 Å². The van der Waals surface area contributed by atoms with Gasteiger partial charge in [-0.2, -0.15) is 0 Å². The molecule has 33 heavy (non-hydrogen) atoms. The van der Waals surface area contributed by atoms with Crippen LogP contribution in [0.25, 0.3) is 10.9 Å². The number of H-pyrrole nitrogens is 1. The van der Waals surface area contributed by atoms with Crippen LogP contribution in [0.2, 0.25) is 0 Å². The first-order valence-electron chi connectivity index (χ1n) is 11.3. The third-order valence-electron chi connectivity index (χ3n) is 5.74. The van der Waals surface area contributed by atoms with E-state index in [4.69, 9.17) is 4.74 Å². The summed E-state index contributed by atoms with van der Waals surface area (Å²) in [7, 11) is 0. The van der Waals surface area contributed by atoms with Crippen molar-refractivity contribution in [1.29, 1.82) is 0 Å². The summed E-state index contributed by atoms with van der Waals surface area (Å²) in [6, 6.07) is 14.1. The van der Waals surface area contributed by atoms with E-state index in [1.54, 1.807) is 42.5 Å². The number of esters is 1. The van der Waals surface area contributed by atoms with E-state index in [1.165, 1.54) is 18.4 Å². The van der Waals surface area contributed by atoms with E-state index in [0.717, 1.165) is 19.3 Å². The summed E-state index contributed by atoms with van der Waals surface area (Å²) in [5.74, 6) is -0.453. The summed E-state index contributed by atoms with van der Waals surface area (Å²) in [4.78, 5) is 44.4. The van der Waals surface area contributed by atoms with Crippen molar-refractivity contribution in [3.63, 3.8) is 0 Å². The maximum Gasteiger partial charge on any atom is 0.338 e. The number of nitrogens with zero attached hydrogens (tertiary/aromatic N) is 1. The average Bonchev–Trinajstić information content (AvgIpc) is 2.84. The lowest BCUT2D eigenvalue weighted by Gasteiger charge is -2.13. The molecule has 1 heterocycles. The Kier molecular flexibility index (Phi) is 7.29. The summed E-state index contributed by atoms with van der Waals surface area (Å²) in [6.45, 7) is 0.205. The Bertz CT molecular complexity index is 1250. The van der Waals surface area contributed by atoms with Gasteiger partial charge in [-0.25, -0.2) is 9.78 Å². The third-order valence-corrected chi connectivity index (χ3v) is 5.74. The molecule has 0 saturated carbocycles. The van der Waals surface area contributed by atoms with Crippen molar-refractivity contribution >= 4 is 22.8 Å². The van der Waals surface area contributed by atoms with Crippen molar-refractivity contribution in [3.05, 3.63) is 87.5 Å². The summed E-state index contributed by atoms with van der Waals surface area (Å²) >= 11 is 0. The summed E-state index contributed by atoms with van der Waals surface area (Å²) < 4.78 is 5.25. The monoisotopic (exact) mass is 445 g/mol. The number of ether oxygens (including phenoxy) is 1. The molecule has 0 unspecified atom stereocenters. The van der Waals surface area contributed by atoms with Gasteiger partial charge >= 0.3 is 5.97 Å².